The third kappa shape index (κ3) is 3.47. The highest BCUT2D eigenvalue weighted by Gasteiger charge is 2.35. The summed E-state index contributed by atoms with van der Waals surface area (Å²) >= 11 is 3.35. The number of carboxylic acids is 1. The number of aliphatic carboxylic acids is 1. The zero-order valence-corrected chi connectivity index (χ0v) is 12.9. The molecule has 0 saturated carbocycles. The number of hydrogen-bond donors (Lipinski definition) is 2. The highest BCUT2D eigenvalue weighted by atomic mass is 79.9. The second kappa shape index (κ2) is 5.61. The topological polar surface area (TPSA) is 69.6 Å². The zero-order chi connectivity index (χ0) is 14.8. The lowest BCUT2D eigenvalue weighted by Gasteiger charge is -2.31. The van der Waals surface area contributed by atoms with Gasteiger partial charge in [-0.25, -0.2) is 9.59 Å². The normalized spacial score (nSPS) is 11.0. The van der Waals surface area contributed by atoms with Gasteiger partial charge in [-0.05, 0) is 54.4 Å². The van der Waals surface area contributed by atoms with Crippen molar-refractivity contribution in [2.45, 2.75) is 26.3 Å². The van der Waals surface area contributed by atoms with Gasteiger partial charge in [0.1, 0.15) is 5.54 Å². The third-order valence-corrected chi connectivity index (χ3v) is 3.69. The Balaban J connectivity index is 2.88. The molecule has 19 heavy (non-hydrogen) atoms. The van der Waals surface area contributed by atoms with Crippen LogP contribution in [-0.4, -0.2) is 34.6 Å². The van der Waals surface area contributed by atoms with Crippen molar-refractivity contribution in [3.05, 3.63) is 28.2 Å². The van der Waals surface area contributed by atoms with Gasteiger partial charge in [-0.2, -0.15) is 0 Å². The molecule has 0 atom stereocenters. The van der Waals surface area contributed by atoms with E-state index in [0.29, 0.717) is 5.69 Å². The number of halogens is 1. The number of carboxylic acid groups (broad SMARTS) is 1. The fourth-order valence-electron chi connectivity index (χ4n) is 1.32. The number of hydrogen-bond acceptors (Lipinski definition) is 2. The lowest BCUT2D eigenvalue weighted by Crippen LogP contribution is -2.52. The molecule has 0 fully saturated rings. The maximum absolute atomic E-state index is 12.0. The molecule has 0 aliphatic rings. The molecule has 0 aromatic heterocycles. The highest BCUT2D eigenvalue weighted by molar-refractivity contribution is 9.10. The predicted octanol–water partition coefficient (Wildman–Crippen LogP) is 3.08. The molecular formula is C13H17BrN2O3. The Kier molecular flexibility index (Phi) is 4.57. The number of carbonyl (C=O) groups is 2. The molecule has 1 rings (SSSR count). The van der Waals surface area contributed by atoms with Gasteiger partial charge >= 0.3 is 12.0 Å². The predicted molar refractivity (Wildman–Crippen MR) is 77.4 cm³/mol. The summed E-state index contributed by atoms with van der Waals surface area (Å²) in [5, 5.41) is 11.8. The van der Waals surface area contributed by atoms with Crippen LogP contribution in [-0.2, 0) is 4.79 Å². The van der Waals surface area contributed by atoms with E-state index in [1.807, 2.05) is 19.1 Å². The lowest BCUT2D eigenvalue weighted by atomic mass is 10.1. The number of aryl methyl sites for hydroxylation is 1. The van der Waals surface area contributed by atoms with E-state index in [0.717, 1.165) is 14.9 Å². The average Bonchev–Trinajstić information content (AvgIpc) is 2.31. The van der Waals surface area contributed by atoms with Gasteiger partial charge in [0, 0.05) is 11.5 Å². The zero-order valence-electron chi connectivity index (χ0n) is 11.3. The fourth-order valence-corrected chi connectivity index (χ4v) is 1.91. The number of nitrogens with one attached hydrogen (secondary N) is 1. The van der Waals surface area contributed by atoms with Gasteiger partial charge in [0.2, 0.25) is 0 Å². The number of carbonyl (C=O) groups excluding carboxylic acids is 1. The van der Waals surface area contributed by atoms with E-state index in [4.69, 9.17) is 5.11 Å². The first kappa shape index (κ1) is 15.5. The molecule has 1 aromatic carbocycles. The van der Waals surface area contributed by atoms with Gasteiger partial charge in [0.15, 0.2) is 0 Å². The van der Waals surface area contributed by atoms with Gasteiger partial charge < -0.3 is 15.3 Å². The molecule has 104 valence electrons. The molecule has 2 N–H and O–H groups in total. The standard InChI is InChI=1S/C13H17BrN2O3/c1-8-5-6-10(9(14)7-8)15-12(19)16(4)13(2,3)11(17)18/h5-7H,1-4H3,(H,15,19)(H,17,18). The summed E-state index contributed by atoms with van der Waals surface area (Å²) < 4.78 is 0.752. The van der Waals surface area contributed by atoms with E-state index in [-0.39, 0.29) is 0 Å². The van der Waals surface area contributed by atoms with E-state index in [1.54, 1.807) is 6.07 Å². The van der Waals surface area contributed by atoms with Crippen molar-refractivity contribution in [1.29, 1.82) is 0 Å². The minimum absolute atomic E-state index is 0.475. The number of rotatable bonds is 3. The van der Waals surface area contributed by atoms with Crippen LogP contribution in [0.15, 0.2) is 22.7 Å². The van der Waals surface area contributed by atoms with Crippen LogP contribution in [0.2, 0.25) is 0 Å². The van der Waals surface area contributed by atoms with Crippen molar-refractivity contribution in [3.63, 3.8) is 0 Å². The van der Waals surface area contributed by atoms with Crippen molar-refractivity contribution < 1.29 is 14.7 Å². The molecule has 0 heterocycles. The summed E-state index contributed by atoms with van der Waals surface area (Å²) in [5.41, 5.74) is 0.383. The summed E-state index contributed by atoms with van der Waals surface area (Å²) in [7, 11) is 1.45. The molecular weight excluding hydrogens is 312 g/mol. The molecule has 0 aliphatic carbocycles. The monoisotopic (exact) mass is 328 g/mol. The Morgan fingerprint density at radius 3 is 2.42 bits per heavy atom. The maximum atomic E-state index is 12.0. The van der Waals surface area contributed by atoms with Gasteiger partial charge in [-0.3, -0.25) is 0 Å². The first-order chi connectivity index (χ1) is 8.66. The molecule has 0 saturated heterocycles. The minimum atomic E-state index is -1.28. The highest BCUT2D eigenvalue weighted by Crippen LogP contribution is 2.24. The number of nitrogens with zero attached hydrogens (tertiary/aromatic N) is 1. The van der Waals surface area contributed by atoms with Crippen molar-refractivity contribution in [2.75, 3.05) is 12.4 Å². The maximum Gasteiger partial charge on any atom is 0.329 e. The fraction of sp³-hybridized carbons (Fsp3) is 0.385. The second-order valence-corrected chi connectivity index (χ2v) is 5.69. The largest absolute Gasteiger partial charge is 0.480 e. The SMILES string of the molecule is Cc1ccc(NC(=O)N(C)C(C)(C)C(=O)O)c(Br)c1. The van der Waals surface area contributed by atoms with Crippen LogP contribution < -0.4 is 5.32 Å². The molecule has 0 unspecified atom stereocenters. The Morgan fingerprint density at radius 1 is 1.37 bits per heavy atom. The van der Waals surface area contributed by atoms with Crippen LogP contribution in [0.3, 0.4) is 0 Å². The first-order valence-corrected chi connectivity index (χ1v) is 6.50. The molecule has 0 spiro atoms. The average molecular weight is 329 g/mol. The van der Waals surface area contributed by atoms with E-state index in [1.165, 1.54) is 20.9 Å². The Labute approximate surface area is 120 Å². The Hall–Kier alpha value is -1.56. The van der Waals surface area contributed by atoms with Gasteiger partial charge in [0.05, 0.1) is 5.69 Å². The van der Waals surface area contributed by atoms with Crippen molar-refractivity contribution >= 4 is 33.6 Å². The molecule has 0 bridgehead atoms. The van der Waals surface area contributed by atoms with Crippen molar-refractivity contribution in [1.82, 2.24) is 4.90 Å². The number of urea groups is 1. The lowest BCUT2D eigenvalue weighted by molar-refractivity contribution is -0.146. The number of benzene rings is 1. The van der Waals surface area contributed by atoms with Crippen LogP contribution in [0, 0.1) is 6.92 Å². The van der Waals surface area contributed by atoms with Gasteiger partial charge in [-0.1, -0.05) is 6.07 Å². The molecule has 6 heteroatoms. The summed E-state index contributed by atoms with van der Waals surface area (Å²) in [5.74, 6) is -1.06. The molecule has 0 aliphatic heterocycles. The Bertz CT molecular complexity index is 515. The first-order valence-electron chi connectivity index (χ1n) is 5.70. The summed E-state index contributed by atoms with van der Waals surface area (Å²) in [6, 6.07) is 5.02. The second-order valence-electron chi connectivity index (χ2n) is 4.84. The summed E-state index contributed by atoms with van der Waals surface area (Å²) in [4.78, 5) is 24.3. The van der Waals surface area contributed by atoms with Crippen LogP contribution in [0.25, 0.3) is 0 Å². The van der Waals surface area contributed by atoms with E-state index in [9.17, 15) is 9.59 Å². The van der Waals surface area contributed by atoms with Crippen molar-refractivity contribution in [2.24, 2.45) is 0 Å². The molecule has 5 nitrogen and oxygen atoms in total. The summed E-state index contributed by atoms with van der Waals surface area (Å²) in [6.45, 7) is 4.88. The molecule has 2 amide bonds. The summed E-state index contributed by atoms with van der Waals surface area (Å²) in [6.07, 6.45) is 0. The van der Waals surface area contributed by atoms with Crippen molar-refractivity contribution in [3.8, 4) is 0 Å². The van der Waals surface area contributed by atoms with Crippen LogP contribution >= 0.6 is 15.9 Å². The Morgan fingerprint density at radius 2 is 1.95 bits per heavy atom. The van der Waals surface area contributed by atoms with Crippen LogP contribution in [0.1, 0.15) is 19.4 Å². The van der Waals surface area contributed by atoms with Gasteiger partial charge in [0.25, 0.3) is 0 Å². The van der Waals surface area contributed by atoms with E-state index >= 15 is 0 Å². The minimum Gasteiger partial charge on any atom is -0.480 e. The van der Waals surface area contributed by atoms with Crippen LogP contribution in [0.5, 0.6) is 0 Å². The van der Waals surface area contributed by atoms with E-state index in [2.05, 4.69) is 21.2 Å². The smallest absolute Gasteiger partial charge is 0.329 e. The van der Waals surface area contributed by atoms with Gasteiger partial charge in [-0.15, -0.1) is 0 Å². The number of anilines is 1. The quantitative estimate of drug-likeness (QED) is 0.895. The molecule has 1 aromatic rings. The third-order valence-electron chi connectivity index (χ3n) is 3.03. The number of likely N-dealkylation sites (N-methyl/N-ethyl adjacent to an activating group) is 1. The molecule has 0 radical (unpaired) electrons. The number of amides is 2. The van der Waals surface area contributed by atoms with Crippen LogP contribution in [0.4, 0.5) is 10.5 Å². The van der Waals surface area contributed by atoms with E-state index < -0.39 is 17.5 Å².